The average molecular weight is 509 g/mol. The molecule has 32 heavy (non-hydrogen) atoms. The van der Waals surface area contributed by atoms with Gasteiger partial charge in [-0.05, 0) is 55.1 Å². The predicted molar refractivity (Wildman–Crippen MR) is 132 cm³/mol. The van der Waals surface area contributed by atoms with Crippen LogP contribution in [0, 0.1) is 6.92 Å². The normalized spacial score (nSPS) is 11.5. The van der Waals surface area contributed by atoms with E-state index in [4.69, 9.17) is 23.2 Å². The molecule has 1 N–H and O–H groups in total. The fourth-order valence-electron chi connectivity index (χ4n) is 3.02. The van der Waals surface area contributed by atoms with Crippen molar-refractivity contribution < 1.29 is 13.2 Å². The zero-order valence-corrected chi connectivity index (χ0v) is 20.7. The van der Waals surface area contributed by atoms with E-state index in [9.17, 15) is 13.2 Å². The summed E-state index contributed by atoms with van der Waals surface area (Å²) in [5.74, 6) is -0.442. The number of sulfonamides is 1. The van der Waals surface area contributed by atoms with Crippen LogP contribution in [-0.4, -0.2) is 31.4 Å². The number of rotatable bonds is 8. The van der Waals surface area contributed by atoms with Gasteiger partial charge < -0.3 is 5.32 Å². The minimum atomic E-state index is -3.95. The molecule has 0 aliphatic carbocycles. The lowest BCUT2D eigenvalue weighted by atomic mass is 10.2. The van der Waals surface area contributed by atoms with E-state index >= 15 is 0 Å². The molecule has 0 unspecified atom stereocenters. The number of carbonyl (C=O) groups excluding carboxylic acids is 1. The van der Waals surface area contributed by atoms with Crippen molar-refractivity contribution in [2.45, 2.75) is 23.3 Å². The third kappa shape index (κ3) is 6.05. The maximum absolute atomic E-state index is 13.4. The van der Waals surface area contributed by atoms with E-state index in [-0.39, 0.29) is 18.0 Å². The minimum absolute atomic E-state index is 0.0370. The summed E-state index contributed by atoms with van der Waals surface area (Å²) in [6.45, 7) is 1.48. The molecule has 3 aromatic rings. The number of nitrogens with zero attached hydrogens (tertiary/aromatic N) is 1. The largest absolute Gasteiger partial charge is 0.324 e. The highest BCUT2D eigenvalue weighted by molar-refractivity contribution is 7.98. The number of halogens is 2. The Bertz CT molecular complexity index is 1220. The Morgan fingerprint density at radius 2 is 1.69 bits per heavy atom. The summed E-state index contributed by atoms with van der Waals surface area (Å²) in [4.78, 5) is 13.9. The van der Waals surface area contributed by atoms with Crippen molar-refractivity contribution in [3.05, 3.63) is 87.9 Å². The van der Waals surface area contributed by atoms with E-state index in [1.165, 1.54) is 23.9 Å². The van der Waals surface area contributed by atoms with Gasteiger partial charge >= 0.3 is 0 Å². The molecule has 0 radical (unpaired) electrons. The fourth-order valence-corrected chi connectivity index (χ4v) is 5.28. The highest BCUT2D eigenvalue weighted by Gasteiger charge is 2.27. The van der Waals surface area contributed by atoms with E-state index in [0.717, 1.165) is 14.8 Å². The second kappa shape index (κ2) is 10.7. The van der Waals surface area contributed by atoms with Crippen molar-refractivity contribution in [3.63, 3.8) is 0 Å². The predicted octanol–water partition coefficient (Wildman–Crippen LogP) is 5.85. The van der Waals surface area contributed by atoms with Crippen LogP contribution < -0.4 is 5.32 Å². The average Bonchev–Trinajstić information content (AvgIpc) is 2.76. The maximum atomic E-state index is 13.4. The van der Waals surface area contributed by atoms with Gasteiger partial charge in [-0.25, -0.2) is 8.42 Å². The third-order valence-electron chi connectivity index (χ3n) is 4.70. The number of para-hydroxylation sites is 1. The van der Waals surface area contributed by atoms with Crippen LogP contribution in [-0.2, 0) is 21.4 Å². The topological polar surface area (TPSA) is 66.5 Å². The SMILES string of the molecule is CSc1ccccc1NC(=O)CN(Cc1ccc(Cl)c(Cl)c1)S(=O)(=O)c1ccc(C)cc1. The summed E-state index contributed by atoms with van der Waals surface area (Å²) in [5, 5.41) is 3.50. The molecule has 0 atom stereocenters. The number of benzene rings is 3. The number of anilines is 1. The second-order valence-electron chi connectivity index (χ2n) is 7.08. The molecule has 0 heterocycles. The number of aryl methyl sites for hydroxylation is 1. The Morgan fingerprint density at radius 1 is 1.00 bits per heavy atom. The van der Waals surface area contributed by atoms with Crippen molar-refractivity contribution in [2.75, 3.05) is 18.1 Å². The van der Waals surface area contributed by atoms with Crippen LogP contribution in [0.5, 0.6) is 0 Å². The first-order chi connectivity index (χ1) is 15.2. The summed E-state index contributed by atoms with van der Waals surface area (Å²) < 4.78 is 27.9. The van der Waals surface area contributed by atoms with Gasteiger partial charge in [0.15, 0.2) is 0 Å². The van der Waals surface area contributed by atoms with Gasteiger partial charge in [-0.2, -0.15) is 4.31 Å². The molecule has 1 amide bonds. The molecule has 0 saturated heterocycles. The zero-order valence-electron chi connectivity index (χ0n) is 17.5. The number of thioether (sulfide) groups is 1. The highest BCUT2D eigenvalue weighted by Crippen LogP contribution is 2.27. The summed E-state index contributed by atoms with van der Waals surface area (Å²) in [6, 6.07) is 18.8. The van der Waals surface area contributed by atoms with Crippen LogP contribution in [0.15, 0.2) is 76.5 Å². The number of nitrogens with one attached hydrogen (secondary N) is 1. The van der Waals surface area contributed by atoms with Gasteiger partial charge in [0.1, 0.15) is 0 Å². The highest BCUT2D eigenvalue weighted by atomic mass is 35.5. The summed E-state index contributed by atoms with van der Waals surface area (Å²) in [5.41, 5.74) is 2.19. The lowest BCUT2D eigenvalue weighted by Gasteiger charge is -2.22. The first kappa shape index (κ1) is 24.6. The summed E-state index contributed by atoms with van der Waals surface area (Å²) in [7, 11) is -3.95. The van der Waals surface area contributed by atoms with E-state index in [0.29, 0.717) is 21.3 Å². The zero-order chi connectivity index (χ0) is 23.3. The Hall–Kier alpha value is -2.03. The molecule has 3 aromatic carbocycles. The second-order valence-corrected chi connectivity index (χ2v) is 10.7. The van der Waals surface area contributed by atoms with E-state index in [1.807, 2.05) is 31.4 Å². The molecular weight excluding hydrogens is 487 g/mol. The fraction of sp³-hybridized carbons (Fsp3) is 0.174. The van der Waals surface area contributed by atoms with Gasteiger partial charge in [0.05, 0.1) is 27.2 Å². The maximum Gasteiger partial charge on any atom is 0.243 e. The number of hydrogen-bond acceptors (Lipinski definition) is 4. The van der Waals surface area contributed by atoms with Crippen LogP contribution in [0.2, 0.25) is 10.0 Å². The van der Waals surface area contributed by atoms with Crippen LogP contribution in [0.4, 0.5) is 5.69 Å². The molecular formula is C23H22Cl2N2O3S2. The van der Waals surface area contributed by atoms with Crippen molar-refractivity contribution in [1.82, 2.24) is 4.31 Å². The van der Waals surface area contributed by atoms with Crippen LogP contribution in [0.1, 0.15) is 11.1 Å². The summed E-state index contributed by atoms with van der Waals surface area (Å²) in [6.07, 6.45) is 1.91. The molecule has 0 aliphatic heterocycles. The molecule has 0 saturated carbocycles. The molecule has 0 bridgehead atoms. The smallest absolute Gasteiger partial charge is 0.243 e. The van der Waals surface area contributed by atoms with Gasteiger partial charge in [-0.3, -0.25) is 4.79 Å². The van der Waals surface area contributed by atoms with E-state index in [1.54, 1.807) is 36.4 Å². The Morgan fingerprint density at radius 3 is 2.34 bits per heavy atom. The minimum Gasteiger partial charge on any atom is -0.324 e. The Balaban J connectivity index is 1.91. The van der Waals surface area contributed by atoms with Gasteiger partial charge in [0.2, 0.25) is 15.9 Å². The van der Waals surface area contributed by atoms with Gasteiger partial charge in [0, 0.05) is 11.4 Å². The van der Waals surface area contributed by atoms with Crippen molar-refractivity contribution in [2.24, 2.45) is 0 Å². The first-order valence-corrected chi connectivity index (χ1v) is 13.1. The first-order valence-electron chi connectivity index (χ1n) is 9.64. The van der Waals surface area contributed by atoms with Crippen LogP contribution in [0.25, 0.3) is 0 Å². The Kier molecular flexibility index (Phi) is 8.25. The molecule has 0 aliphatic rings. The number of amides is 1. The molecule has 3 rings (SSSR count). The van der Waals surface area contributed by atoms with Crippen LogP contribution in [0.3, 0.4) is 0 Å². The molecule has 0 spiro atoms. The molecule has 0 aromatic heterocycles. The molecule has 5 nitrogen and oxygen atoms in total. The van der Waals surface area contributed by atoms with E-state index in [2.05, 4.69) is 5.32 Å². The standard InChI is InChI=1S/C23H22Cl2N2O3S2/c1-16-7-10-18(11-8-16)32(29,30)27(14-17-9-12-19(24)20(25)13-17)15-23(28)26-21-5-3-4-6-22(21)31-2/h3-13H,14-15H2,1-2H3,(H,26,28). The van der Waals surface area contributed by atoms with Gasteiger partial charge in [-0.1, -0.05) is 59.1 Å². The quantitative estimate of drug-likeness (QED) is 0.387. The van der Waals surface area contributed by atoms with Gasteiger partial charge in [0.25, 0.3) is 0 Å². The lowest BCUT2D eigenvalue weighted by Crippen LogP contribution is -2.37. The van der Waals surface area contributed by atoms with Crippen molar-refractivity contribution in [3.8, 4) is 0 Å². The molecule has 0 fully saturated rings. The van der Waals surface area contributed by atoms with Crippen molar-refractivity contribution in [1.29, 1.82) is 0 Å². The van der Waals surface area contributed by atoms with Crippen molar-refractivity contribution >= 4 is 56.6 Å². The number of carbonyl (C=O) groups is 1. The van der Waals surface area contributed by atoms with Gasteiger partial charge in [-0.15, -0.1) is 11.8 Å². The molecule has 168 valence electrons. The van der Waals surface area contributed by atoms with E-state index < -0.39 is 15.9 Å². The third-order valence-corrected chi connectivity index (χ3v) is 8.04. The Labute approximate surface area is 202 Å². The monoisotopic (exact) mass is 508 g/mol. The molecule has 9 heteroatoms. The lowest BCUT2D eigenvalue weighted by molar-refractivity contribution is -0.116. The van der Waals surface area contributed by atoms with Crippen LogP contribution >= 0.6 is 35.0 Å². The number of hydrogen-bond donors (Lipinski definition) is 1. The summed E-state index contributed by atoms with van der Waals surface area (Å²) >= 11 is 13.6.